The van der Waals surface area contributed by atoms with E-state index in [-0.39, 0.29) is 5.91 Å². The number of para-hydroxylation sites is 2. The van der Waals surface area contributed by atoms with E-state index >= 15 is 0 Å². The van der Waals surface area contributed by atoms with Crippen LogP contribution in [0.1, 0.15) is 16.7 Å². The van der Waals surface area contributed by atoms with E-state index in [1.807, 2.05) is 36.4 Å². The topological polar surface area (TPSA) is 57.4 Å². The minimum absolute atomic E-state index is 0.0419. The van der Waals surface area contributed by atoms with Crippen molar-refractivity contribution in [1.82, 2.24) is 14.5 Å². The van der Waals surface area contributed by atoms with E-state index in [9.17, 15) is 4.79 Å². The second-order valence-electron chi connectivity index (χ2n) is 11.9. The number of hydrogen-bond donors (Lipinski definition) is 1. The van der Waals surface area contributed by atoms with E-state index in [4.69, 9.17) is 9.47 Å². The predicted octanol–water partition coefficient (Wildman–Crippen LogP) is 7.12. The zero-order valence-corrected chi connectivity index (χ0v) is 25.0. The maximum absolute atomic E-state index is 13.4. The number of carbonyl (C=O) groups is 1. The van der Waals surface area contributed by atoms with Crippen molar-refractivity contribution in [2.75, 3.05) is 13.2 Å². The molecular formula is C34H37N3O3Si. The zero-order valence-electron chi connectivity index (χ0n) is 24.0. The van der Waals surface area contributed by atoms with Gasteiger partial charge in [-0.1, -0.05) is 86.4 Å². The number of hydrogen-bond acceptors (Lipinski definition) is 3. The first kappa shape index (κ1) is 27.3. The molecule has 2 aromatic heterocycles. The molecule has 0 atom stereocenters. The van der Waals surface area contributed by atoms with Crippen LogP contribution in [-0.4, -0.2) is 36.3 Å². The van der Waals surface area contributed by atoms with Gasteiger partial charge in [0.1, 0.15) is 13.5 Å². The molecule has 0 saturated heterocycles. The van der Waals surface area contributed by atoms with Crippen molar-refractivity contribution in [2.45, 2.75) is 45.8 Å². The smallest absolute Gasteiger partial charge is 0.252 e. The van der Waals surface area contributed by atoms with Crippen LogP contribution < -0.4 is 5.32 Å². The number of ether oxygens (including phenoxy) is 2. The van der Waals surface area contributed by atoms with Gasteiger partial charge < -0.3 is 23.9 Å². The summed E-state index contributed by atoms with van der Waals surface area (Å²) in [6.07, 6.45) is 4.21. The number of amides is 1. The van der Waals surface area contributed by atoms with Crippen LogP contribution in [0.25, 0.3) is 33.0 Å². The molecule has 210 valence electrons. The number of fused-ring (bicyclic) bond motifs is 2. The first-order valence-corrected chi connectivity index (χ1v) is 18.0. The fourth-order valence-electron chi connectivity index (χ4n) is 5.52. The number of carbonyl (C=O) groups excluding carboxylic acids is 1. The molecule has 0 radical (unpaired) electrons. The molecule has 0 unspecified atom stereocenters. The molecule has 6 nitrogen and oxygen atoms in total. The Balaban J connectivity index is 1.35. The Kier molecular flexibility index (Phi) is 7.66. The van der Waals surface area contributed by atoms with Gasteiger partial charge in [-0.05, 0) is 29.3 Å². The monoisotopic (exact) mass is 563 g/mol. The lowest BCUT2D eigenvalue weighted by Gasteiger charge is -2.15. The van der Waals surface area contributed by atoms with Crippen LogP contribution in [0.2, 0.25) is 25.7 Å². The van der Waals surface area contributed by atoms with Crippen LogP contribution >= 0.6 is 0 Å². The molecule has 0 fully saturated rings. The van der Waals surface area contributed by atoms with Crippen LogP contribution in [0.3, 0.4) is 0 Å². The molecule has 3 heterocycles. The molecule has 0 spiro atoms. The van der Waals surface area contributed by atoms with Gasteiger partial charge in [-0.2, -0.15) is 0 Å². The van der Waals surface area contributed by atoms with Crippen molar-refractivity contribution < 1.29 is 14.3 Å². The van der Waals surface area contributed by atoms with E-state index in [0.29, 0.717) is 26.6 Å². The van der Waals surface area contributed by atoms with Crippen molar-refractivity contribution in [1.29, 1.82) is 0 Å². The highest BCUT2D eigenvalue weighted by Crippen LogP contribution is 2.38. The second kappa shape index (κ2) is 11.5. The van der Waals surface area contributed by atoms with E-state index in [2.05, 4.69) is 89.0 Å². The maximum atomic E-state index is 13.4. The lowest BCUT2D eigenvalue weighted by Crippen LogP contribution is -2.21. The van der Waals surface area contributed by atoms with Gasteiger partial charge in [0.2, 0.25) is 0 Å². The van der Waals surface area contributed by atoms with Crippen LogP contribution in [0.4, 0.5) is 0 Å². The van der Waals surface area contributed by atoms with Gasteiger partial charge in [0.15, 0.2) is 0 Å². The average Bonchev–Trinajstić information content (AvgIpc) is 3.64. The Bertz CT molecular complexity index is 1730. The third-order valence-electron chi connectivity index (χ3n) is 7.69. The summed E-state index contributed by atoms with van der Waals surface area (Å²) >= 11 is 0. The highest BCUT2D eigenvalue weighted by atomic mass is 28.3. The largest absolute Gasteiger partial charge is 0.361 e. The number of rotatable bonds is 11. The van der Waals surface area contributed by atoms with Gasteiger partial charge in [-0.3, -0.25) is 4.79 Å². The average molecular weight is 564 g/mol. The van der Waals surface area contributed by atoms with Gasteiger partial charge in [0, 0.05) is 55.5 Å². The van der Waals surface area contributed by atoms with Crippen LogP contribution in [0, 0.1) is 0 Å². The number of nitrogens with one attached hydrogen (secondary N) is 1. The van der Waals surface area contributed by atoms with Crippen molar-refractivity contribution >= 4 is 46.9 Å². The fraction of sp³-hybridized carbons (Fsp3) is 0.265. The molecule has 1 amide bonds. The van der Waals surface area contributed by atoms with Crippen molar-refractivity contribution in [3.63, 3.8) is 0 Å². The van der Waals surface area contributed by atoms with Crippen LogP contribution in [0.15, 0.2) is 91.3 Å². The zero-order chi connectivity index (χ0) is 28.4. The molecule has 1 aliphatic heterocycles. The standard InChI is InChI=1S/C34H37N3O3Si/c1-41(2,3)18-17-39-23-37-21-30(27-14-8-10-16-32(27)37)33-28(19-35-34(33)38)29-20-36(31-15-9-7-13-26(29)31)24-40-22-25-11-5-4-6-12-25/h4-16,20-21H,17-19,22-24H2,1-3H3,(H,35,38). The number of benzene rings is 3. The molecule has 1 aliphatic rings. The molecule has 7 heteroatoms. The molecule has 3 aromatic carbocycles. The first-order valence-electron chi connectivity index (χ1n) is 14.3. The summed E-state index contributed by atoms with van der Waals surface area (Å²) in [5, 5.41) is 5.27. The molecule has 6 rings (SSSR count). The number of nitrogens with zero attached hydrogens (tertiary/aromatic N) is 2. The van der Waals surface area contributed by atoms with Crippen molar-refractivity contribution in [3.8, 4) is 0 Å². The summed E-state index contributed by atoms with van der Waals surface area (Å²) in [6, 6.07) is 27.9. The van der Waals surface area contributed by atoms with E-state index in [0.717, 1.165) is 62.3 Å². The van der Waals surface area contributed by atoms with Crippen molar-refractivity contribution in [2.24, 2.45) is 0 Å². The Morgan fingerprint density at radius 2 is 1.34 bits per heavy atom. The summed E-state index contributed by atoms with van der Waals surface area (Å²) in [6.45, 7) is 9.74. The summed E-state index contributed by atoms with van der Waals surface area (Å²) in [5.41, 5.74) is 7.03. The summed E-state index contributed by atoms with van der Waals surface area (Å²) < 4.78 is 16.5. The first-order chi connectivity index (χ1) is 19.9. The lowest BCUT2D eigenvalue weighted by atomic mass is 9.96. The third-order valence-corrected chi connectivity index (χ3v) is 9.40. The number of aromatic nitrogens is 2. The highest BCUT2D eigenvalue weighted by molar-refractivity contribution is 6.76. The minimum atomic E-state index is -1.17. The van der Waals surface area contributed by atoms with Gasteiger partial charge in [-0.25, -0.2) is 0 Å². The molecule has 1 N–H and O–H groups in total. The van der Waals surface area contributed by atoms with Gasteiger partial charge in [0.05, 0.1) is 23.2 Å². The van der Waals surface area contributed by atoms with E-state index < -0.39 is 8.07 Å². The van der Waals surface area contributed by atoms with E-state index in [1.165, 1.54) is 0 Å². The van der Waals surface area contributed by atoms with Crippen molar-refractivity contribution in [3.05, 3.63) is 108 Å². The second-order valence-corrected chi connectivity index (χ2v) is 17.5. The normalized spacial score (nSPS) is 14.0. The Hall–Kier alpha value is -3.91. The summed E-state index contributed by atoms with van der Waals surface area (Å²) in [5.74, 6) is -0.0419. The van der Waals surface area contributed by atoms with Crippen LogP contribution in [0.5, 0.6) is 0 Å². The molecule has 5 aromatic rings. The molecule has 0 aliphatic carbocycles. The molecule has 0 saturated carbocycles. The highest BCUT2D eigenvalue weighted by Gasteiger charge is 2.29. The Labute approximate surface area is 242 Å². The quantitative estimate of drug-likeness (QED) is 0.137. The molecule has 0 bridgehead atoms. The predicted molar refractivity (Wildman–Crippen MR) is 169 cm³/mol. The molecular weight excluding hydrogens is 526 g/mol. The van der Waals surface area contributed by atoms with Gasteiger partial charge in [-0.15, -0.1) is 0 Å². The maximum Gasteiger partial charge on any atom is 0.252 e. The van der Waals surface area contributed by atoms with Crippen LogP contribution in [-0.2, 0) is 34.3 Å². The minimum Gasteiger partial charge on any atom is -0.361 e. The van der Waals surface area contributed by atoms with Gasteiger partial charge >= 0.3 is 0 Å². The van der Waals surface area contributed by atoms with E-state index in [1.54, 1.807) is 0 Å². The molecule has 41 heavy (non-hydrogen) atoms. The lowest BCUT2D eigenvalue weighted by molar-refractivity contribution is -0.114. The third kappa shape index (κ3) is 5.79. The fourth-order valence-corrected chi connectivity index (χ4v) is 6.28. The Morgan fingerprint density at radius 1 is 0.756 bits per heavy atom. The SMILES string of the molecule is C[Si](C)(C)CCOCn1cc(C2=C(c3cn(COCc4ccccc4)c4ccccc34)CNC2=O)c2ccccc21. The van der Waals surface area contributed by atoms with Gasteiger partial charge in [0.25, 0.3) is 5.91 Å². The Morgan fingerprint density at radius 3 is 2.02 bits per heavy atom. The summed E-state index contributed by atoms with van der Waals surface area (Å²) in [4.78, 5) is 13.4. The summed E-state index contributed by atoms with van der Waals surface area (Å²) in [7, 11) is -1.17.